The molecule has 2 N–H and O–H groups in total. The van der Waals surface area contributed by atoms with Crippen molar-refractivity contribution in [2.75, 3.05) is 40.9 Å². The maximum absolute atomic E-state index is 12.8. The lowest BCUT2D eigenvalue weighted by Gasteiger charge is -2.29. The Morgan fingerprint density at radius 1 is 0.548 bits per heavy atom. The molecule has 0 saturated heterocycles. The molecule has 0 heterocycles. The summed E-state index contributed by atoms with van der Waals surface area (Å²) in [5.74, 6) is -0.201. The minimum Gasteiger partial charge on any atom is -0.756 e. The van der Waals surface area contributed by atoms with E-state index in [4.69, 9.17) is 9.05 Å². The van der Waals surface area contributed by atoms with Crippen molar-refractivity contribution < 1.29 is 32.9 Å². The van der Waals surface area contributed by atoms with Gasteiger partial charge in [-0.1, -0.05) is 231 Å². The summed E-state index contributed by atoms with van der Waals surface area (Å²) in [6.45, 7) is 4.55. The first-order valence-electron chi connectivity index (χ1n) is 26.7. The van der Waals surface area contributed by atoms with Gasteiger partial charge in [0.2, 0.25) is 5.91 Å². The number of amides is 1. The van der Waals surface area contributed by atoms with E-state index in [-0.39, 0.29) is 19.1 Å². The number of phosphoric ester groups is 1. The Kier molecular flexibility index (Phi) is 44.4. The van der Waals surface area contributed by atoms with Crippen LogP contribution in [0.3, 0.4) is 0 Å². The number of carbonyl (C=O) groups is 1. The molecular formula is C53H105N2O6P. The lowest BCUT2D eigenvalue weighted by molar-refractivity contribution is -0.870. The van der Waals surface area contributed by atoms with Crippen molar-refractivity contribution in [1.29, 1.82) is 0 Å². The molecule has 0 saturated carbocycles. The minimum atomic E-state index is -4.57. The highest BCUT2D eigenvalue weighted by atomic mass is 31.2. The summed E-state index contributed by atoms with van der Waals surface area (Å²) in [6, 6.07) is -0.879. The molecule has 0 aromatic heterocycles. The molecule has 1 amide bonds. The highest BCUT2D eigenvalue weighted by Gasteiger charge is 2.23. The summed E-state index contributed by atoms with van der Waals surface area (Å²) < 4.78 is 23.0. The fourth-order valence-electron chi connectivity index (χ4n) is 7.91. The molecule has 0 aliphatic rings. The largest absolute Gasteiger partial charge is 0.756 e. The Balaban J connectivity index is 3.72. The zero-order chi connectivity index (χ0) is 45.7. The van der Waals surface area contributed by atoms with Gasteiger partial charge in [-0.3, -0.25) is 9.36 Å². The Bertz CT molecular complexity index is 1060. The Hall–Kier alpha value is -1.02. The van der Waals surface area contributed by atoms with Gasteiger partial charge in [-0.25, -0.2) is 0 Å². The molecule has 0 aromatic carbocycles. The summed E-state index contributed by atoms with van der Waals surface area (Å²) in [6.07, 6.45) is 56.2. The molecule has 0 aromatic rings. The van der Waals surface area contributed by atoms with E-state index >= 15 is 0 Å². The zero-order valence-electron chi connectivity index (χ0n) is 41.8. The summed E-state index contributed by atoms with van der Waals surface area (Å²) in [5, 5.41) is 13.6. The number of hydrogen-bond donors (Lipinski definition) is 2. The van der Waals surface area contributed by atoms with Crippen LogP contribution in [0, 0.1) is 0 Å². The van der Waals surface area contributed by atoms with Crippen molar-refractivity contribution in [3.05, 3.63) is 24.3 Å². The zero-order valence-corrected chi connectivity index (χ0v) is 42.7. The van der Waals surface area contributed by atoms with Crippen LogP contribution in [0.2, 0.25) is 0 Å². The van der Waals surface area contributed by atoms with Crippen molar-refractivity contribution >= 4 is 13.7 Å². The Morgan fingerprint density at radius 2 is 0.887 bits per heavy atom. The standard InChI is InChI=1S/C53H105N2O6P/c1-6-8-10-12-13-14-15-16-17-18-19-20-21-22-23-24-25-26-27-28-29-30-31-32-33-34-35-36-37-38-39-40-41-43-45-47-53(57)54-51(52(56)46-44-42-11-9-7-2)50-61-62(58,59)60-49-48-55(3,4)5/h18-19,44,46,51-52,56H,6-17,20-43,45,47-50H2,1-5H3,(H-,54,57,58,59)/b19-18-,46-44+. The van der Waals surface area contributed by atoms with E-state index in [2.05, 4.69) is 31.3 Å². The molecular weight excluding hydrogens is 792 g/mol. The number of nitrogens with one attached hydrogen (secondary N) is 1. The molecule has 0 spiro atoms. The minimum absolute atomic E-state index is 0.0000915. The SMILES string of the molecule is CCCCC/C=C/C(O)C(COP(=O)([O-])OCC[N+](C)(C)C)NC(=O)CCCCCCCCCCCCCCCCCCCCCCCCC/C=C\CCCCCCCCCC. The van der Waals surface area contributed by atoms with Gasteiger partial charge >= 0.3 is 0 Å². The van der Waals surface area contributed by atoms with E-state index in [9.17, 15) is 19.4 Å². The summed E-state index contributed by atoms with van der Waals surface area (Å²) in [5.41, 5.74) is 0. The molecule has 62 heavy (non-hydrogen) atoms. The van der Waals surface area contributed by atoms with Crippen molar-refractivity contribution in [2.45, 2.75) is 270 Å². The van der Waals surface area contributed by atoms with Gasteiger partial charge in [0.1, 0.15) is 13.2 Å². The molecule has 3 atom stereocenters. The number of aliphatic hydroxyl groups excluding tert-OH is 1. The third-order valence-corrected chi connectivity index (χ3v) is 13.1. The van der Waals surface area contributed by atoms with Crippen molar-refractivity contribution in [1.82, 2.24) is 5.32 Å². The van der Waals surface area contributed by atoms with Crippen LogP contribution in [-0.4, -0.2) is 68.5 Å². The maximum Gasteiger partial charge on any atom is 0.268 e. The smallest absolute Gasteiger partial charge is 0.268 e. The predicted molar refractivity (Wildman–Crippen MR) is 265 cm³/mol. The van der Waals surface area contributed by atoms with Crippen molar-refractivity contribution in [2.24, 2.45) is 0 Å². The normalized spacial score (nSPS) is 14.2. The van der Waals surface area contributed by atoms with Crippen molar-refractivity contribution in [3.8, 4) is 0 Å². The quantitative estimate of drug-likeness (QED) is 0.0273. The van der Waals surface area contributed by atoms with E-state index in [1.54, 1.807) is 6.08 Å². The number of phosphoric acid groups is 1. The highest BCUT2D eigenvalue weighted by Crippen LogP contribution is 2.38. The van der Waals surface area contributed by atoms with E-state index in [0.29, 0.717) is 17.4 Å². The number of aliphatic hydroxyl groups is 1. The molecule has 9 heteroatoms. The van der Waals surface area contributed by atoms with Crippen molar-refractivity contribution in [3.63, 3.8) is 0 Å². The van der Waals surface area contributed by atoms with Gasteiger partial charge in [0.25, 0.3) is 7.82 Å². The lowest BCUT2D eigenvalue weighted by Crippen LogP contribution is -2.45. The second-order valence-corrected chi connectivity index (χ2v) is 21.0. The van der Waals surface area contributed by atoms with Gasteiger partial charge in [-0.2, -0.15) is 0 Å². The van der Waals surface area contributed by atoms with E-state index in [0.717, 1.165) is 44.9 Å². The lowest BCUT2D eigenvalue weighted by atomic mass is 10.0. The van der Waals surface area contributed by atoms with Crippen LogP contribution in [0.4, 0.5) is 0 Å². The second kappa shape index (κ2) is 45.1. The average Bonchev–Trinajstić information content (AvgIpc) is 3.23. The van der Waals surface area contributed by atoms with Crippen LogP contribution in [0.1, 0.15) is 258 Å². The van der Waals surface area contributed by atoms with Crippen LogP contribution in [0.25, 0.3) is 0 Å². The topological polar surface area (TPSA) is 108 Å². The monoisotopic (exact) mass is 897 g/mol. The number of hydrogen-bond acceptors (Lipinski definition) is 6. The Morgan fingerprint density at radius 3 is 1.29 bits per heavy atom. The van der Waals surface area contributed by atoms with Crippen LogP contribution in [-0.2, 0) is 18.4 Å². The number of allylic oxidation sites excluding steroid dienone is 3. The fourth-order valence-corrected chi connectivity index (χ4v) is 8.64. The molecule has 0 aliphatic heterocycles. The summed E-state index contributed by atoms with van der Waals surface area (Å²) >= 11 is 0. The van der Waals surface area contributed by atoms with Gasteiger partial charge in [0, 0.05) is 6.42 Å². The van der Waals surface area contributed by atoms with E-state index < -0.39 is 20.0 Å². The van der Waals surface area contributed by atoms with Crippen LogP contribution >= 0.6 is 7.82 Å². The molecule has 368 valence electrons. The first-order valence-corrected chi connectivity index (χ1v) is 28.2. The van der Waals surface area contributed by atoms with Gasteiger partial charge in [-0.05, 0) is 44.9 Å². The van der Waals surface area contributed by atoms with Crippen LogP contribution < -0.4 is 10.2 Å². The number of unbranched alkanes of at least 4 members (excludes halogenated alkanes) is 34. The van der Waals surface area contributed by atoms with Gasteiger partial charge < -0.3 is 28.8 Å². The number of carbonyl (C=O) groups excluding carboxylic acids is 1. The number of likely N-dealkylation sites (N-methyl/N-ethyl adjacent to an activating group) is 1. The third kappa shape index (κ3) is 47.0. The first-order chi connectivity index (χ1) is 30.0. The predicted octanol–water partition coefficient (Wildman–Crippen LogP) is 15.0. The van der Waals surface area contributed by atoms with Gasteiger partial charge in [0.15, 0.2) is 0 Å². The summed E-state index contributed by atoms with van der Waals surface area (Å²) in [4.78, 5) is 25.1. The number of rotatable bonds is 49. The highest BCUT2D eigenvalue weighted by molar-refractivity contribution is 7.45. The van der Waals surface area contributed by atoms with Gasteiger partial charge in [-0.15, -0.1) is 0 Å². The second-order valence-electron chi connectivity index (χ2n) is 19.6. The number of nitrogens with zero attached hydrogens (tertiary/aromatic N) is 1. The molecule has 0 aliphatic carbocycles. The fraction of sp³-hybridized carbons (Fsp3) is 0.906. The molecule has 0 radical (unpaired) electrons. The third-order valence-electron chi connectivity index (χ3n) is 12.2. The van der Waals surface area contributed by atoms with Gasteiger partial charge in [0.05, 0.1) is 39.9 Å². The molecule has 0 bridgehead atoms. The van der Waals surface area contributed by atoms with Crippen LogP contribution in [0.5, 0.6) is 0 Å². The molecule has 8 nitrogen and oxygen atoms in total. The van der Waals surface area contributed by atoms with E-state index in [1.165, 1.54) is 193 Å². The molecule has 0 rings (SSSR count). The molecule has 0 fully saturated rings. The van der Waals surface area contributed by atoms with E-state index in [1.807, 2.05) is 27.2 Å². The van der Waals surface area contributed by atoms with Crippen LogP contribution in [0.15, 0.2) is 24.3 Å². The molecule has 3 unspecified atom stereocenters. The average molecular weight is 897 g/mol. The summed E-state index contributed by atoms with van der Waals surface area (Å²) in [7, 11) is 1.26. The Labute approximate surface area is 385 Å². The maximum atomic E-state index is 12.8. The first kappa shape index (κ1) is 61.0. The number of quaternary nitrogens is 1.